The Morgan fingerprint density at radius 1 is 1.43 bits per heavy atom. The van der Waals surface area contributed by atoms with E-state index >= 15 is 0 Å². The number of hydrogen-bond acceptors (Lipinski definition) is 5. The molecule has 0 aliphatic carbocycles. The second kappa shape index (κ2) is 7.72. The summed E-state index contributed by atoms with van der Waals surface area (Å²) in [5, 5.41) is 6.71. The van der Waals surface area contributed by atoms with Crippen LogP contribution in [0.1, 0.15) is 42.8 Å². The molecule has 0 aromatic carbocycles. The third-order valence-electron chi connectivity index (χ3n) is 3.17. The van der Waals surface area contributed by atoms with Crippen molar-refractivity contribution in [1.82, 2.24) is 10.3 Å². The Balaban J connectivity index is 2.14. The second-order valence-electron chi connectivity index (χ2n) is 5.36. The molecule has 0 aliphatic rings. The zero-order chi connectivity index (χ0) is 15.4. The van der Waals surface area contributed by atoms with Crippen LogP contribution in [0.5, 0.6) is 0 Å². The first-order chi connectivity index (χ1) is 10.0. The summed E-state index contributed by atoms with van der Waals surface area (Å²) >= 11 is 7.06. The number of thiazole rings is 1. The fourth-order valence-electron chi connectivity index (χ4n) is 2.10. The molecule has 0 atom stereocenters. The molecule has 2 heterocycles. The average molecular weight is 388 g/mol. The summed E-state index contributed by atoms with van der Waals surface area (Å²) in [6, 6.07) is 2.18. The van der Waals surface area contributed by atoms with E-state index in [-0.39, 0.29) is 0 Å². The van der Waals surface area contributed by atoms with Crippen molar-refractivity contribution in [3.05, 3.63) is 31.4 Å². The number of anilines is 1. The SMILES string of the molecule is CCNCc1sc(N(C)Cc2csc(Br)c2)nc1C(C)C. The third kappa shape index (κ3) is 4.52. The van der Waals surface area contributed by atoms with Crippen LogP contribution in [-0.2, 0) is 13.1 Å². The lowest BCUT2D eigenvalue weighted by Gasteiger charge is -2.14. The molecule has 0 bridgehead atoms. The van der Waals surface area contributed by atoms with Gasteiger partial charge in [0.05, 0.1) is 9.48 Å². The van der Waals surface area contributed by atoms with Gasteiger partial charge in [0.2, 0.25) is 0 Å². The summed E-state index contributed by atoms with van der Waals surface area (Å²) in [4.78, 5) is 8.46. The molecule has 1 N–H and O–H groups in total. The second-order valence-corrected chi connectivity index (χ2v) is 8.71. The summed E-state index contributed by atoms with van der Waals surface area (Å²) in [7, 11) is 2.12. The van der Waals surface area contributed by atoms with Crippen molar-refractivity contribution < 1.29 is 0 Å². The van der Waals surface area contributed by atoms with Crippen LogP contribution < -0.4 is 10.2 Å². The molecule has 0 unspecified atom stereocenters. The summed E-state index contributed by atoms with van der Waals surface area (Å²) in [6.07, 6.45) is 0. The Labute approximate surface area is 143 Å². The predicted octanol–water partition coefficient (Wildman–Crippen LogP) is 4.84. The van der Waals surface area contributed by atoms with Crippen LogP contribution in [0.3, 0.4) is 0 Å². The van der Waals surface area contributed by atoms with Gasteiger partial charge in [-0.3, -0.25) is 0 Å². The zero-order valence-electron chi connectivity index (χ0n) is 12.9. The van der Waals surface area contributed by atoms with Crippen LogP contribution in [0.4, 0.5) is 5.13 Å². The number of hydrogen-bond donors (Lipinski definition) is 1. The van der Waals surface area contributed by atoms with Gasteiger partial charge in [0.15, 0.2) is 5.13 Å². The van der Waals surface area contributed by atoms with Crippen LogP contribution >= 0.6 is 38.6 Å². The van der Waals surface area contributed by atoms with Gasteiger partial charge in [0, 0.05) is 25.0 Å². The van der Waals surface area contributed by atoms with E-state index in [9.17, 15) is 0 Å². The maximum atomic E-state index is 4.86. The Kier molecular flexibility index (Phi) is 6.22. The van der Waals surface area contributed by atoms with Gasteiger partial charge in [-0.05, 0) is 45.4 Å². The minimum atomic E-state index is 0.465. The van der Waals surface area contributed by atoms with Crippen LogP contribution in [-0.4, -0.2) is 18.6 Å². The number of nitrogens with zero attached hydrogens (tertiary/aromatic N) is 2. The first-order valence-electron chi connectivity index (χ1n) is 7.15. The number of halogens is 1. The highest BCUT2D eigenvalue weighted by Gasteiger charge is 2.16. The van der Waals surface area contributed by atoms with E-state index in [4.69, 9.17) is 4.98 Å². The van der Waals surface area contributed by atoms with E-state index in [0.29, 0.717) is 5.92 Å². The van der Waals surface area contributed by atoms with E-state index < -0.39 is 0 Å². The van der Waals surface area contributed by atoms with Gasteiger partial charge in [-0.15, -0.1) is 22.7 Å². The van der Waals surface area contributed by atoms with E-state index in [1.165, 1.54) is 19.9 Å². The minimum Gasteiger partial charge on any atom is -0.347 e. The molecule has 0 saturated heterocycles. The molecule has 0 amide bonds. The first-order valence-corrected chi connectivity index (χ1v) is 9.64. The average Bonchev–Trinajstić information content (AvgIpc) is 3.03. The van der Waals surface area contributed by atoms with Crippen molar-refractivity contribution in [2.75, 3.05) is 18.5 Å². The van der Waals surface area contributed by atoms with Crippen molar-refractivity contribution in [3.63, 3.8) is 0 Å². The number of nitrogens with one attached hydrogen (secondary N) is 1. The molecule has 6 heteroatoms. The minimum absolute atomic E-state index is 0.465. The molecule has 0 aliphatic heterocycles. The predicted molar refractivity (Wildman–Crippen MR) is 97.7 cm³/mol. The fourth-order valence-corrected chi connectivity index (χ4v) is 4.45. The lowest BCUT2D eigenvalue weighted by molar-refractivity contribution is 0.713. The van der Waals surface area contributed by atoms with Gasteiger partial charge in [-0.25, -0.2) is 4.98 Å². The smallest absolute Gasteiger partial charge is 0.185 e. The molecule has 21 heavy (non-hydrogen) atoms. The monoisotopic (exact) mass is 387 g/mol. The summed E-state index contributed by atoms with van der Waals surface area (Å²) in [6.45, 7) is 9.36. The quantitative estimate of drug-likeness (QED) is 0.736. The van der Waals surface area contributed by atoms with Gasteiger partial charge in [-0.1, -0.05) is 20.8 Å². The van der Waals surface area contributed by atoms with Crippen molar-refractivity contribution in [3.8, 4) is 0 Å². The van der Waals surface area contributed by atoms with Crippen molar-refractivity contribution in [2.24, 2.45) is 0 Å². The molecule has 2 aromatic rings. The van der Waals surface area contributed by atoms with Gasteiger partial charge >= 0.3 is 0 Å². The van der Waals surface area contributed by atoms with Crippen LogP contribution in [0, 0.1) is 0 Å². The molecular formula is C15H22BrN3S2. The molecule has 0 saturated carbocycles. The highest BCUT2D eigenvalue weighted by Crippen LogP contribution is 2.31. The largest absolute Gasteiger partial charge is 0.347 e. The highest BCUT2D eigenvalue weighted by molar-refractivity contribution is 9.11. The number of thiophene rings is 1. The van der Waals surface area contributed by atoms with E-state index in [1.807, 2.05) is 0 Å². The molecule has 3 nitrogen and oxygen atoms in total. The van der Waals surface area contributed by atoms with Gasteiger partial charge < -0.3 is 10.2 Å². The lowest BCUT2D eigenvalue weighted by Crippen LogP contribution is -2.15. The number of rotatable bonds is 7. The summed E-state index contributed by atoms with van der Waals surface area (Å²) < 4.78 is 1.18. The Bertz CT molecular complexity index is 577. The molecule has 0 radical (unpaired) electrons. The van der Waals surface area contributed by atoms with Crippen LogP contribution in [0.15, 0.2) is 15.2 Å². The van der Waals surface area contributed by atoms with Crippen LogP contribution in [0.2, 0.25) is 0 Å². The normalized spacial score (nSPS) is 11.3. The van der Waals surface area contributed by atoms with Gasteiger partial charge in [0.25, 0.3) is 0 Å². The van der Waals surface area contributed by atoms with E-state index in [2.05, 4.69) is 65.4 Å². The van der Waals surface area contributed by atoms with E-state index in [1.54, 1.807) is 22.7 Å². The van der Waals surface area contributed by atoms with E-state index in [0.717, 1.165) is 24.8 Å². The highest BCUT2D eigenvalue weighted by atomic mass is 79.9. The molecule has 2 rings (SSSR count). The van der Waals surface area contributed by atoms with Crippen LogP contribution in [0.25, 0.3) is 0 Å². The Morgan fingerprint density at radius 3 is 2.76 bits per heavy atom. The third-order valence-corrected chi connectivity index (χ3v) is 5.91. The van der Waals surface area contributed by atoms with Gasteiger partial charge in [0.1, 0.15) is 0 Å². The van der Waals surface area contributed by atoms with Crippen molar-refractivity contribution in [1.29, 1.82) is 0 Å². The fraction of sp³-hybridized carbons (Fsp3) is 0.533. The lowest BCUT2D eigenvalue weighted by atomic mass is 10.1. The summed E-state index contributed by atoms with van der Waals surface area (Å²) in [5.41, 5.74) is 2.55. The van der Waals surface area contributed by atoms with Crippen molar-refractivity contribution in [2.45, 2.75) is 39.8 Å². The molecule has 0 spiro atoms. The first kappa shape index (κ1) is 16.9. The maximum absolute atomic E-state index is 4.86. The Hall–Kier alpha value is -0.430. The molecular weight excluding hydrogens is 366 g/mol. The van der Waals surface area contributed by atoms with Gasteiger partial charge in [-0.2, -0.15) is 0 Å². The summed E-state index contributed by atoms with van der Waals surface area (Å²) in [5.74, 6) is 0.465. The molecule has 0 fully saturated rings. The zero-order valence-corrected chi connectivity index (χ0v) is 16.2. The van der Waals surface area contributed by atoms with Crippen molar-refractivity contribution >= 4 is 43.7 Å². The molecule has 116 valence electrons. The standard InChI is InChI=1S/C15H22BrN3S2/c1-5-17-7-12-14(10(2)3)18-15(21-12)19(4)8-11-6-13(16)20-9-11/h6,9-10,17H,5,7-8H2,1-4H3. The topological polar surface area (TPSA) is 28.2 Å². The maximum Gasteiger partial charge on any atom is 0.185 e. The Morgan fingerprint density at radius 2 is 2.19 bits per heavy atom. The number of aromatic nitrogens is 1. The molecule has 2 aromatic heterocycles.